The van der Waals surface area contributed by atoms with Crippen LogP contribution >= 0.6 is 11.3 Å². The van der Waals surface area contributed by atoms with Crippen LogP contribution in [0.1, 0.15) is 19.4 Å². The standard InChI is InChI=1S/C8H11NS/c1-3-6(2)7-4-8(9)10-5-7/h3-5H,9H2,1-2H3/b6-3+. The molecule has 0 saturated heterocycles. The van der Waals surface area contributed by atoms with Gasteiger partial charge in [-0.3, -0.25) is 0 Å². The monoisotopic (exact) mass is 153 g/mol. The molecule has 0 aliphatic carbocycles. The first-order chi connectivity index (χ1) is 4.74. The van der Waals surface area contributed by atoms with Gasteiger partial charge in [-0.25, -0.2) is 0 Å². The Balaban J connectivity index is 2.95. The molecule has 0 atom stereocenters. The van der Waals surface area contributed by atoms with Crippen molar-refractivity contribution in [2.24, 2.45) is 0 Å². The zero-order chi connectivity index (χ0) is 7.56. The normalized spacial score (nSPS) is 12.0. The van der Waals surface area contributed by atoms with Crippen LogP contribution in [0.25, 0.3) is 5.57 Å². The van der Waals surface area contributed by atoms with E-state index in [1.807, 2.05) is 13.0 Å². The first-order valence-corrected chi connectivity index (χ1v) is 4.09. The predicted molar refractivity (Wildman–Crippen MR) is 48.1 cm³/mol. The zero-order valence-electron chi connectivity index (χ0n) is 6.22. The molecular formula is C8H11NS. The van der Waals surface area contributed by atoms with Gasteiger partial charge in [-0.05, 0) is 31.1 Å². The highest BCUT2D eigenvalue weighted by Gasteiger charge is 1.95. The topological polar surface area (TPSA) is 26.0 Å². The fourth-order valence-electron chi connectivity index (χ4n) is 0.726. The van der Waals surface area contributed by atoms with E-state index >= 15 is 0 Å². The molecule has 10 heavy (non-hydrogen) atoms. The Hall–Kier alpha value is -0.760. The first kappa shape index (κ1) is 7.35. The second-order valence-corrected chi connectivity index (χ2v) is 3.15. The van der Waals surface area contributed by atoms with E-state index in [-0.39, 0.29) is 0 Å². The third-order valence-electron chi connectivity index (χ3n) is 1.51. The summed E-state index contributed by atoms with van der Waals surface area (Å²) < 4.78 is 0. The molecular weight excluding hydrogens is 142 g/mol. The van der Waals surface area contributed by atoms with E-state index < -0.39 is 0 Å². The van der Waals surface area contributed by atoms with Gasteiger partial charge in [-0.15, -0.1) is 11.3 Å². The van der Waals surface area contributed by atoms with Crippen molar-refractivity contribution in [2.75, 3.05) is 5.73 Å². The van der Waals surface area contributed by atoms with Gasteiger partial charge in [0.25, 0.3) is 0 Å². The number of hydrogen-bond donors (Lipinski definition) is 1. The third-order valence-corrected chi connectivity index (χ3v) is 2.27. The highest BCUT2D eigenvalue weighted by molar-refractivity contribution is 7.14. The highest BCUT2D eigenvalue weighted by Crippen LogP contribution is 2.22. The van der Waals surface area contributed by atoms with Crippen LogP contribution in [-0.4, -0.2) is 0 Å². The molecule has 1 aromatic rings. The average Bonchev–Trinajstić information content (AvgIpc) is 2.34. The van der Waals surface area contributed by atoms with Gasteiger partial charge >= 0.3 is 0 Å². The van der Waals surface area contributed by atoms with E-state index in [2.05, 4.69) is 18.4 Å². The zero-order valence-corrected chi connectivity index (χ0v) is 7.03. The molecule has 54 valence electrons. The summed E-state index contributed by atoms with van der Waals surface area (Å²) in [5, 5.41) is 2.96. The third kappa shape index (κ3) is 1.39. The molecule has 2 N–H and O–H groups in total. The smallest absolute Gasteiger partial charge is 0.0862 e. The first-order valence-electron chi connectivity index (χ1n) is 3.21. The summed E-state index contributed by atoms with van der Waals surface area (Å²) in [5.74, 6) is 0. The van der Waals surface area contributed by atoms with Crippen LogP contribution < -0.4 is 5.73 Å². The summed E-state index contributed by atoms with van der Waals surface area (Å²) in [5.41, 5.74) is 8.09. The molecule has 2 heteroatoms. The van der Waals surface area contributed by atoms with Crippen molar-refractivity contribution < 1.29 is 0 Å². The van der Waals surface area contributed by atoms with Crippen molar-refractivity contribution in [3.63, 3.8) is 0 Å². The molecule has 0 aliphatic rings. The summed E-state index contributed by atoms with van der Waals surface area (Å²) in [6.45, 7) is 4.12. The van der Waals surface area contributed by atoms with Gasteiger partial charge in [0.1, 0.15) is 0 Å². The largest absolute Gasteiger partial charge is 0.391 e. The Morgan fingerprint density at radius 1 is 1.70 bits per heavy atom. The van der Waals surface area contributed by atoms with Gasteiger partial charge in [0.15, 0.2) is 0 Å². The summed E-state index contributed by atoms with van der Waals surface area (Å²) in [4.78, 5) is 0. The summed E-state index contributed by atoms with van der Waals surface area (Å²) in [7, 11) is 0. The second kappa shape index (κ2) is 2.88. The van der Waals surface area contributed by atoms with E-state index in [0.717, 1.165) is 5.00 Å². The Bertz CT molecular complexity index is 248. The lowest BCUT2D eigenvalue weighted by Gasteiger charge is -1.91. The van der Waals surface area contributed by atoms with Crippen LogP contribution in [0, 0.1) is 0 Å². The van der Waals surface area contributed by atoms with Gasteiger partial charge in [0.05, 0.1) is 5.00 Å². The van der Waals surface area contributed by atoms with Crippen LogP contribution in [0.4, 0.5) is 5.00 Å². The summed E-state index contributed by atoms with van der Waals surface area (Å²) >= 11 is 1.59. The predicted octanol–water partition coefficient (Wildman–Crippen LogP) is 2.75. The molecule has 0 fully saturated rings. The number of rotatable bonds is 1. The molecule has 0 saturated carbocycles. The van der Waals surface area contributed by atoms with Crippen molar-refractivity contribution in [1.82, 2.24) is 0 Å². The van der Waals surface area contributed by atoms with Gasteiger partial charge < -0.3 is 5.73 Å². The Morgan fingerprint density at radius 2 is 2.40 bits per heavy atom. The number of nitrogen functional groups attached to an aromatic ring is 1. The fraction of sp³-hybridized carbons (Fsp3) is 0.250. The van der Waals surface area contributed by atoms with Crippen molar-refractivity contribution in [1.29, 1.82) is 0 Å². The Labute approximate surface area is 65.2 Å². The van der Waals surface area contributed by atoms with Crippen LogP contribution in [0.15, 0.2) is 17.5 Å². The van der Waals surface area contributed by atoms with Crippen LogP contribution in [0.5, 0.6) is 0 Å². The number of hydrogen-bond acceptors (Lipinski definition) is 2. The second-order valence-electron chi connectivity index (χ2n) is 2.21. The lowest BCUT2D eigenvalue weighted by Crippen LogP contribution is -1.76. The van der Waals surface area contributed by atoms with Gasteiger partial charge in [0, 0.05) is 5.38 Å². The van der Waals surface area contributed by atoms with Crippen molar-refractivity contribution in [2.45, 2.75) is 13.8 Å². The van der Waals surface area contributed by atoms with Crippen molar-refractivity contribution >= 4 is 21.9 Å². The molecule has 0 amide bonds. The molecule has 1 nitrogen and oxygen atoms in total. The van der Waals surface area contributed by atoms with Crippen LogP contribution in [0.2, 0.25) is 0 Å². The Kier molecular flexibility index (Phi) is 2.12. The number of thiophene rings is 1. The van der Waals surface area contributed by atoms with E-state index in [1.165, 1.54) is 11.1 Å². The minimum Gasteiger partial charge on any atom is -0.391 e. The molecule has 0 spiro atoms. The maximum absolute atomic E-state index is 5.56. The summed E-state index contributed by atoms with van der Waals surface area (Å²) in [6.07, 6.45) is 2.08. The number of nitrogens with two attached hydrogens (primary N) is 1. The van der Waals surface area contributed by atoms with E-state index in [1.54, 1.807) is 11.3 Å². The van der Waals surface area contributed by atoms with Crippen LogP contribution in [0.3, 0.4) is 0 Å². The van der Waals surface area contributed by atoms with Gasteiger partial charge in [-0.1, -0.05) is 6.08 Å². The number of anilines is 1. The minimum atomic E-state index is 0.885. The fourth-order valence-corrected chi connectivity index (χ4v) is 1.44. The molecule has 1 aromatic heterocycles. The molecule has 0 radical (unpaired) electrons. The highest BCUT2D eigenvalue weighted by atomic mass is 32.1. The minimum absolute atomic E-state index is 0.885. The van der Waals surface area contributed by atoms with Gasteiger partial charge in [0.2, 0.25) is 0 Å². The van der Waals surface area contributed by atoms with Gasteiger partial charge in [-0.2, -0.15) is 0 Å². The Morgan fingerprint density at radius 3 is 2.80 bits per heavy atom. The molecule has 1 rings (SSSR count). The molecule has 0 unspecified atom stereocenters. The van der Waals surface area contributed by atoms with E-state index in [9.17, 15) is 0 Å². The van der Waals surface area contributed by atoms with Crippen LogP contribution in [-0.2, 0) is 0 Å². The van der Waals surface area contributed by atoms with E-state index in [4.69, 9.17) is 5.73 Å². The van der Waals surface area contributed by atoms with Crippen molar-refractivity contribution in [3.05, 3.63) is 23.1 Å². The lowest BCUT2D eigenvalue weighted by molar-refractivity contribution is 1.60. The average molecular weight is 153 g/mol. The number of allylic oxidation sites excluding steroid dienone is 2. The molecule has 0 aliphatic heterocycles. The molecule has 0 aromatic carbocycles. The van der Waals surface area contributed by atoms with Crippen molar-refractivity contribution in [3.8, 4) is 0 Å². The summed E-state index contributed by atoms with van der Waals surface area (Å²) in [6, 6.07) is 2.00. The maximum Gasteiger partial charge on any atom is 0.0862 e. The molecule has 1 heterocycles. The van der Waals surface area contributed by atoms with E-state index in [0.29, 0.717) is 0 Å². The molecule has 0 bridgehead atoms. The SMILES string of the molecule is C/C=C(\C)c1csc(N)c1. The quantitative estimate of drug-likeness (QED) is 0.659. The maximum atomic E-state index is 5.56. The lowest BCUT2D eigenvalue weighted by atomic mass is 10.1.